The molecule has 2 heterocycles. The number of ether oxygens (including phenoxy) is 1. The second kappa shape index (κ2) is 8.11. The molecule has 1 fully saturated rings. The van der Waals surface area contributed by atoms with Crippen molar-refractivity contribution in [3.8, 4) is 0 Å². The van der Waals surface area contributed by atoms with Crippen molar-refractivity contribution in [2.45, 2.75) is 45.4 Å². The summed E-state index contributed by atoms with van der Waals surface area (Å²) in [4.78, 5) is 32.5. The molecule has 0 saturated carbocycles. The molecule has 9 nitrogen and oxygen atoms in total. The largest absolute Gasteiger partial charge is 0.447 e. The molecule has 3 amide bonds. The zero-order valence-corrected chi connectivity index (χ0v) is 14.8. The number of carbonyl (C=O) groups is 2. The van der Waals surface area contributed by atoms with Gasteiger partial charge in [-0.25, -0.2) is 28.3 Å². The molecule has 2 rings (SSSR count). The average molecular weight is 372 g/mol. The second-order valence-corrected chi connectivity index (χ2v) is 6.22. The number of aromatic nitrogens is 2. The molecule has 1 aromatic rings. The van der Waals surface area contributed by atoms with Crippen LogP contribution in [0.2, 0.25) is 0 Å². The first-order chi connectivity index (χ1) is 12.1. The third-order valence-corrected chi connectivity index (χ3v) is 3.38. The minimum absolute atomic E-state index is 0.00883. The van der Waals surface area contributed by atoms with Gasteiger partial charge in [0.05, 0.1) is 30.7 Å². The van der Waals surface area contributed by atoms with E-state index in [0.29, 0.717) is 5.69 Å². The molecule has 1 unspecified atom stereocenters. The van der Waals surface area contributed by atoms with Crippen molar-refractivity contribution in [3.05, 3.63) is 12.4 Å². The van der Waals surface area contributed by atoms with Gasteiger partial charge in [-0.05, 0) is 20.8 Å². The van der Waals surface area contributed by atoms with E-state index in [1.807, 2.05) is 0 Å². The van der Waals surface area contributed by atoms with Gasteiger partial charge in [0.1, 0.15) is 6.17 Å². The van der Waals surface area contributed by atoms with Crippen LogP contribution in [-0.2, 0) is 4.74 Å². The number of hydrogen-bond donors (Lipinski definition) is 3. The van der Waals surface area contributed by atoms with Crippen LogP contribution < -0.4 is 16.0 Å². The predicted octanol–water partition coefficient (Wildman–Crippen LogP) is 2.24. The Kier molecular flexibility index (Phi) is 6.11. The monoisotopic (exact) mass is 372 g/mol. The van der Waals surface area contributed by atoms with Gasteiger partial charge in [0, 0.05) is 13.0 Å². The lowest BCUT2D eigenvalue weighted by Crippen LogP contribution is -2.46. The van der Waals surface area contributed by atoms with Gasteiger partial charge < -0.3 is 20.3 Å². The van der Waals surface area contributed by atoms with Gasteiger partial charge in [-0.2, -0.15) is 0 Å². The van der Waals surface area contributed by atoms with Gasteiger partial charge >= 0.3 is 12.1 Å². The molecule has 0 spiro atoms. The molecule has 0 bridgehead atoms. The topological polar surface area (TPSA) is 108 Å². The minimum Gasteiger partial charge on any atom is -0.447 e. The zero-order chi connectivity index (χ0) is 19.3. The third kappa shape index (κ3) is 5.97. The molecular weight excluding hydrogens is 350 g/mol. The van der Waals surface area contributed by atoms with Gasteiger partial charge in [0.15, 0.2) is 0 Å². The Morgan fingerprint density at radius 1 is 1.27 bits per heavy atom. The first-order valence-electron chi connectivity index (χ1n) is 8.14. The molecule has 1 saturated heterocycles. The maximum Gasteiger partial charge on any atom is 0.411 e. The molecule has 1 aliphatic rings. The summed E-state index contributed by atoms with van der Waals surface area (Å²) in [6.45, 7) is 4.50. The van der Waals surface area contributed by atoms with Crippen LogP contribution in [0, 0.1) is 0 Å². The van der Waals surface area contributed by atoms with E-state index in [2.05, 4.69) is 25.9 Å². The van der Waals surface area contributed by atoms with Crippen molar-refractivity contribution in [1.82, 2.24) is 20.2 Å². The van der Waals surface area contributed by atoms with Gasteiger partial charge in [-0.3, -0.25) is 5.32 Å². The average Bonchev–Trinajstić information content (AvgIpc) is 2.88. The van der Waals surface area contributed by atoms with Crippen LogP contribution >= 0.6 is 0 Å². The fraction of sp³-hybridized carbons (Fsp3) is 0.600. The molecule has 0 aliphatic carbocycles. The van der Waals surface area contributed by atoms with E-state index in [-0.39, 0.29) is 25.0 Å². The number of likely N-dealkylation sites (tertiary alicyclic amines) is 1. The van der Waals surface area contributed by atoms with Gasteiger partial charge in [-0.15, -0.1) is 0 Å². The molecule has 144 valence electrons. The van der Waals surface area contributed by atoms with Gasteiger partial charge in [0.2, 0.25) is 5.95 Å². The number of nitrogens with one attached hydrogen (secondary N) is 3. The van der Waals surface area contributed by atoms with Crippen LogP contribution in [-0.4, -0.2) is 58.3 Å². The highest BCUT2D eigenvalue weighted by Gasteiger charge is 2.40. The molecule has 26 heavy (non-hydrogen) atoms. The van der Waals surface area contributed by atoms with E-state index in [1.165, 1.54) is 12.4 Å². The maximum atomic E-state index is 13.1. The van der Waals surface area contributed by atoms with Crippen molar-refractivity contribution in [2.75, 3.05) is 23.7 Å². The van der Waals surface area contributed by atoms with Crippen molar-refractivity contribution in [2.24, 2.45) is 0 Å². The summed E-state index contributed by atoms with van der Waals surface area (Å²) in [6, 6.07) is -0.586. The Morgan fingerprint density at radius 2 is 1.92 bits per heavy atom. The Bertz CT molecular complexity index is 641. The number of carbonyl (C=O) groups excluding carboxylic acids is 2. The van der Waals surface area contributed by atoms with E-state index in [9.17, 15) is 18.4 Å². The van der Waals surface area contributed by atoms with Crippen LogP contribution in [0.3, 0.4) is 0 Å². The number of urea groups is 1. The number of anilines is 2. The van der Waals surface area contributed by atoms with Crippen LogP contribution in [0.15, 0.2) is 12.4 Å². The van der Waals surface area contributed by atoms with Crippen molar-refractivity contribution in [3.63, 3.8) is 0 Å². The number of hydrogen-bond acceptors (Lipinski definition) is 6. The van der Waals surface area contributed by atoms with Crippen LogP contribution in [0.25, 0.3) is 0 Å². The van der Waals surface area contributed by atoms with Crippen molar-refractivity contribution < 1.29 is 23.1 Å². The Hall–Kier alpha value is -2.72. The Labute approximate surface area is 149 Å². The van der Waals surface area contributed by atoms with E-state index in [0.717, 1.165) is 4.90 Å². The van der Waals surface area contributed by atoms with E-state index in [1.54, 1.807) is 20.8 Å². The molecular formula is C15H22F2N6O3. The van der Waals surface area contributed by atoms with Crippen LogP contribution in [0.1, 0.15) is 27.2 Å². The number of alkyl halides is 2. The summed E-state index contributed by atoms with van der Waals surface area (Å²) in [6.07, 6.45) is 0.948. The van der Waals surface area contributed by atoms with Gasteiger partial charge in [-0.1, -0.05) is 0 Å². The summed E-state index contributed by atoms with van der Waals surface area (Å²) in [5.74, 6) is -2.64. The van der Waals surface area contributed by atoms with Crippen molar-refractivity contribution >= 4 is 23.8 Å². The summed E-state index contributed by atoms with van der Waals surface area (Å²) >= 11 is 0. The third-order valence-electron chi connectivity index (χ3n) is 3.38. The molecule has 3 N–H and O–H groups in total. The number of halogens is 2. The summed E-state index contributed by atoms with van der Waals surface area (Å²) in [5.41, 5.74) is 0.345. The number of nitrogens with zero attached hydrogens (tertiary/aromatic N) is 3. The van der Waals surface area contributed by atoms with E-state index >= 15 is 0 Å². The molecule has 0 radical (unpaired) electrons. The predicted molar refractivity (Wildman–Crippen MR) is 90.0 cm³/mol. The number of amides is 3. The van der Waals surface area contributed by atoms with Crippen molar-refractivity contribution in [1.29, 1.82) is 0 Å². The standard InChI is InChI=1S/C15H22F2N6O3/c1-9(2)26-14(25)22-11-6-18-12(19-7-11)20-10(3)21-13(24)23-5-4-15(16,17)8-23/h6-7,9-10H,4-5,8H2,1-3H3,(H,21,24)(H,22,25)(H,18,19,20). The van der Waals surface area contributed by atoms with Crippen LogP contribution in [0.4, 0.5) is 30.0 Å². The first-order valence-corrected chi connectivity index (χ1v) is 8.14. The fourth-order valence-electron chi connectivity index (χ4n) is 2.24. The molecule has 1 aromatic heterocycles. The molecule has 1 atom stereocenters. The Balaban J connectivity index is 1.81. The fourth-order valence-corrected chi connectivity index (χ4v) is 2.24. The van der Waals surface area contributed by atoms with E-state index in [4.69, 9.17) is 4.74 Å². The quantitative estimate of drug-likeness (QED) is 0.684. The maximum absolute atomic E-state index is 13.1. The lowest BCUT2D eigenvalue weighted by Gasteiger charge is -2.21. The molecule has 11 heteroatoms. The highest BCUT2D eigenvalue weighted by atomic mass is 19.3. The molecule has 0 aromatic carbocycles. The SMILES string of the molecule is CC(NC(=O)N1CCC(F)(F)C1)Nc1ncc(NC(=O)OC(C)C)cn1. The molecule has 1 aliphatic heterocycles. The van der Waals surface area contributed by atoms with Gasteiger partial charge in [0.25, 0.3) is 5.92 Å². The minimum atomic E-state index is -2.84. The van der Waals surface area contributed by atoms with Crippen LogP contribution in [0.5, 0.6) is 0 Å². The van der Waals surface area contributed by atoms with E-state index < -0.39 is 30.8 Å². The summed E-state index contributed by atoms with van der Waals surface area (Å²) in [5, 5.41) is 7.84. The second-order valence-electron chi connectivity index (χ2n) is 6.22. The smallest absolute Gasteiger partial charge is 0.411 e. The lowest BCUT2D eigenvalue weighted by molar-refractivity contribution is 0.0153. The lowest BCUT2D eigenvalue weighted by atomic mass is 10.3. The summed E-state index contributed by atoms with van der Waals surface area (Å²) < 4.78 is 31.2. The number of rotatable bonds is 5. The normalized spacial score (nSPS) is 16.9. The highest BCUT2D eigenvalue weighted by Crippen LogP contribution is 2.26. The first kappa shape index (κ1) is 19.6. The zero-order valence-electron chi connectivity index (χ0n) is 14.8. The Morgan fingerprint density at radius 3 is 2.46 bits per heavy atom. The summed E-state index contributed by atoms with van der Waals surface area (Å²) in [7, 11) is 0. The highest BCUT2D eigenvalue weighted by molar-refractivity contribution is 5.84.